The van der Waals surface area contributed by atoms with Gasteiger partial charge in [0.05, 0.1) is 7.11 Å². The molecule has 96 valence electrons. The van der Waals surface area contributed by atoms with Gasteiger partial charge in [0.2, 0.25) is 0 Å². The Labute approximate surface area is 105 Å². The number of ether oxygens (including phenoxy) is 1. The maximum absolute atomic E-state index is 5.25. The van der Waals surface area contributed by atoms with E-state index in [-0.39, 0.29) is 0 Å². The molecule has 0 spiro atoms. The van der Waals surface area contributed by atoms with Gasteiger partial charge in [-0.3, -0.25) is 0 Å². The van der Waals surface area contributed by atoms with Crippen molar-refractivity contribution in [3.05, 3.63) is 29.8 Å². The molecule has 2 nitrogen and oxygen atoms in total. The number of rotatable bonds is 6. The third kappa shape index (κ3) is 4.78. The highest BCUT2D eigenvalue weighted by molar-refractivity contribution is 5.28. The van der Waals surface area contributed by atoms with Crippen molar-refractivity contribution < 1.29 is 4.74 Å². The molecule has 1 N–H and O–H groups in total. The van der Waals surface area contributed by atoms with Gasteiger partial charge in [0, 0.05) is 12.1 Å². The molecule has 0 radical (unpaired) electrons. The summed E-state index contributed by atoms with van der Waals surface area (Å²) in [6.45, 7) is 8.92. The van der Waals surface area contributed by atoms with Crippen LogP contribution in [-0.4, -0.2) is 19.2 Å². The summed E-state index contributed by atoms with van der Waals surface area (Å²) in [7, 11) is 1.71. The maximum Gasteiger partial charge on any atom is 0.119 e. The van der Waals surface area contributed by atoms with Gasteiger partial charge in [-0.05, 0) is 37.0 Å². The van der Waals surface area contributed by atoms with E-state index >= 15 is 0 Å². The van der Waals surface area contributed by atoms with Crippen LogP contribution in [0.1, 0.15) is 33.3 Å². The van der Waals surface area contributed by atoms with Gasteiger partial charge in [0.1, 0.15) is 5.75 Å². The molecule has 2 atom stereocenters. The minimum absolute atomic E-state index is 0.529. The molecule has 0 saturated carbocycles. The molecule has 0 heterocycles. The van der Waals surface area contributed by atoms with Crippen molar-refractivity contribution >= 4 is 0 Å². The van der Waals surface area contributed by atoms with Crippen molar-refractivity contribution in [3.63, 3.8) is 0 Å². The Morgan fingerprint density at radius 3 is 2.47 bits per heavy atom. The summed E-state index contributed by atoms with van der Waals surface area (Å²) in [4.78, 5) is 0. The van der Waals surface area contributed by atoms with Crippen LogP contribution in [0.25, 0.3) is 0 Å². The van der Waals surface area contributed by atoms with E-state index in [1.54, 1.807) is 7.11 Å². The monoisotopic (exact) mass is 235 g/mol. The number of benzene rings is 1. The summed E-state index contributed by atoms with van der Waals surface area (Å²) in [6, 6.07) is 9.41. The topological polar surface area (TPSA) is 21.3 Å². The molecule has 0 bridgehead atoms. The van der Waals surface area contributed by atoms with E-state index in [2.05, 4.69) is 51.2 Å². The van der Waals surface area contributed by atoms with Gasteiger partial charge in [-0.25, -0.2) is 0 Å². The molecule has 1 aromatic carbocycles. The van der Waals surface area contributed by atoms with Crippen LogP contribution in [0.3, 0.4) is 0 Å². The smallest absolute Gasteiger partial charge is 0.119 e. The molecule has 0 aliphatic heterocycles. The lowest BCUT2D eigenvalue weighted by Crippen LogP contribution is -2.37. The molecule has 0 saturated heterocycles. The highest BCUT2D eigenvalue weighted by atomic mass is 16.5. The molecular formula is C15H25NO. The fourth-order valence-corrected chi connectivity index (χ4v) is 2.04. The van der Waals surface area contributed by atoms with Crippen molar-refractivity contribution in [1.29, 1.82) is 0 Å². The van der Waals surface area contributed by atoms with E-state index in [1.807, 2.05) is 6.07 Å². The van der Waals surface area contributed by atoms with E-state index in [9.17, 15) is 0 Å². The molecule has 2 heteroatoms. The van der Waals surface area contributed by atoms with Crippen LogP contribution >= 0.6 is 0 Å². The summed E-state index contributed by atoms with van der Waals surface area (Å²) >= 11 is 0. The predicted octanol–water partition coefficient (Wildman–Crippen LogP) is 3.26. The molecule has 1 aromatic rings. The van der Waals surface area contributed by atoms with Gasteiger partial charge < -0.3 is 10.1 Å². The second kappa shape index (κ2) is 6.65. The van der Waals surface area contributed by atoms with E-state index in [4.69, 9.17) is 4.74 Å². The van der Waals surface area contributed by atoms with Crippen LogP contribution in [0.5, 0.6) is 5.75 Å². The maximum atomic E-state index is 5.25. The third-order valence-corrected chi connectivity index (χ3v) is 3.14. The molecule has 0 aromatic heterocycles. The normalized spacial score (nSPS) is 14.7. The molecular weight excluding hydrogens is 210 g/mol. The van der Waals surface area contributed by atoms with Gasteiger partial charge in [-0.2, -0.15) is 0 Å². The van der Waals surface area contributed by atoms with Gasteiger partial charge in [0.25, 0.3) is 0 Å². The van der Waals surface area contributed by atoms with Crippen LogP contribution in [0.4, 0.5) is 0 Å². The lowest BCUT2D eigenvalue weighted by Gasteiger charge is -2.23. The predicted molar refractivity (Wildman–Crippen MR) is 73.6 cm³/mol. The van der Waals surface area contributed by atoms with E-state index in [0.717, 1.165) is 12.2 Å². The van der Waals surface area contributed by atoms with Crippen LogP contribution in [0.2, 0.25) is 0 Å². The largest absolute Gasteiger partial charge is 0.497 e. The molecule has 0 amide bonds. The molecule has 0 aliphatic rings. The number of methoxy groups -OCH3 is 1. The van der Waals surface area contributed by atoms with Crippen molar-refractivity contribution in [2.45, 2.75) is 46.2 Å². The second-order valence-electron chi connectivity index (χ2n) is 5.14. The first kappa shape index (κ1) is 14.0. The van der Waals surface area contributed by atoms with Crippen LogP contribution in [0, 0.1) is 5.92 Å². The summed E-state index contributed by atoms with van der Waals surface area (Å²) in [5.74, 6) is 1.56. The van der Waals surface area contributed by atoms with Gasteiger partial charge in [-0.1, -0.05) is 32.9 Å². The fourth-order valence-electron chi connectivity index (χ4n) is 2.04. The minimum atomic E-state index is 0.529. The molecule has 17 heavy (non-hydrogen) atoms. The lowest BCUT2D eigenvalue weighted by molar-refractivity contribution is 0.371. The van der Waals surface area contributed by atoms with Crippen molar-refractivity contribution in [3.8, 4) is 5.75 Å². The molecule has 0 fully saturated rings. The molecule has 1 rings (SSSR count). The van der Waals surface area contributed by atoms with Crippen LogP contribution in [-0.2, 0) is 6.42 Å². The first-order valence-electron chi connectivity index (χ1n) is 6.42. The number of hydrogen-bond donors (Lipinski definition) is 1. The Balaban J connectivity index is 2.57. The highest BCUT2D eigenvalue weighted by Crippen LogP contribution is 2.17. The average molecular weight is 235 g/mol. The highest BCUT2D eigenvalue weighted by Gasteiger charge is 2.13. The fraction of sp³-hybridized carbons (Fsp3) is 0.600. The van der Waals surface area contributed by atoms with Crippen molar-refractivity contribution in [2.24, 2.45) is 5.92 Å². The zero-order chi connectivity index (χ0) is 12.8. The van der Waals surface area contributed by atoms with Gasteiger partial charge in [-0.15, -0.1) is 0 Å². The van der Waals surface area contributed by atoms with E-state index in [1.165, 1.54) is 5.56 Å². The number of hydrogen-bond acceptors (Lipinski definition) is 2. The Morgan fingerprint density at radius 1 is 1.18 bits per heavy atom. The average Bonchev–Trinajstić information content (AvgIpc) is 2.28. The Bertz CT molecular complexity index is 335. The van der Waals surface area contributed by atoms with E-state index in [0.29, 0.717) is 18.0 Å². The van der Waals surface area contributed by atoms with E-state index < -0.39 is 0 Å². The summed E-state index contributed by atoms with van der Waals surface area (Å²) < 4.78 is 5.25. The minimum Gasteiger partial charge on any atom is -0.497 e. The lowest BCUT2D eigenvalue weighted by atomic mass is 9.94. The third-order valence-electron chi connectivity index (χ3n) is 3.14. The second-order valence-corrected chi connectivity index (χ2v) is 5.14. The SMILES string of the molecule is COc1cccc(CC(C)C(C)NC(C)C)c1. The van der Waals surface area contributed by atoms with Crippen molar-refractivity contribution in [1.82, 2.24) is 5.32 Å². The van der Waals surface area contributed by atoms with Crippen LogP contribution < -0.4 is 10.1 Å². The summed E-state index contributed by atoms with van der Waals surface area (Å²) in [6.07, 6.45) is 1.08. The Kier molecular flexibility index (Phi) is 5.49. The van der Waals surface area contributed by atoms with Crippen LogP contribution in [0.15, 0.2) is 24.3 Å². The zero-order valence-electron chi connectivity index (χ0n) is 11.7. The first-order chi connectivity index (χ1) is 8.02. The number of nitrogens with one attached hydrogen (secondary N) is 1. The van der Waals surface area contributed by atoms with Gasteiger partial charge >= 0.3 is 0 Å². The molecule has 0 aliphatic carbocycles. The summed E-state index contributed by atoms with van der Waals surface area (Å²) in [5.41, 5.74) is 1.34. The Hall–Kier alpha value is -1.02. The van der Waals surface area contributed by atoms with Gasteiger partial charge in [0.15, 0.2) is 0 Å². The standard InChI is InChI=1S/C15H25NO/c1-11(2)16-13(4)12(3)9-14-7-6-8-15(10-14)17-5/h6-8,10-13,16H,9H2,1-5H3. The molecule has 2 unspecified atom stereocenters. The first-order valence-corrected chi connectivity index (χ1v) is 6.42. The Morgan fingerprint density at radius 2 is 1.88 bits per heavy atom. The quantitative estimate of drug-likeness (QED) is 0.817. The van der Waals surface area contributed by atoms with Crippen molar-refractivity contribution in [2.75, 3.05) is 7.11 Å². The summed E-state index contributed by atoms with van der Waals surface area (Å²) in [5, 5.41) is 3.56. The zero-order valence-corrected chi connectivity index (χ0v) is 11.7.